The number of rotatable bonds is 1. The van der Waals surface area contributed by atoms with Crippen LogP contribution < -0.4 is 5.73 Å². The zero-order valence-electron chi connectivity index (χ0n) is 7.05. The second kappa shape index (κ2) is 3.57. The Kier molecular flexibility index (Phi) is 2.88. The standard InChI is InChI=1S/C7H5ClF3NO2S/c8-5-2-1-4(3-6(5)12)15(13,14)7(9,10)11/h1-3H,12H2. The topological polar surface area (TPSA) is 60.2 Å². The minimum absolute atomic E-state index is 0.00359. The fourth-order valence-corrected chi connectivity index (χ4v) is 1.74. The van der Waals surface area contributed by atoms with Crippen LogP contribution in [0.2, 0.25) is 5.02 Å². The molecular formula is C7H5ClF3NO2S. The number of benzene rings is 1. The van der Waals surface area contributed by atoms with Crippen molar-refractivity contribution in [2.24, 2.45) is 0 Å². The lowest BCUT2D eigenvalue weighted by Crippen LogP contribution is -2.23. The molecule has 0 heterocycles. The van der Waals surface area contributed by atoms with E-state index < -0.39 is 20.2 Å². The average molecular weight is 260 g/mol. The van der Waals surface area contributed by atoms with E-state index in [1.807, 2.05) is 0 Å². The summed E-state index contributed by atoms with van der Waals surface area (Å²) in [6.07, 6.45) is 0. The van der Waals surface area contributed by atoms with Crippen LogP contribution in [0.4, 0.5) is 18.9 Å². The zero-order chi connectivity index (χ0) is 11.9. The third kappa shape index (κ3) is 2.18. The van der Waals surface area contributed by atoms with Gasteiger partial charge in [0, 0.05) is 0 Å². The number of halogens is 4. The van der Waals surface area contributed by atoms with Gasteiger partial charge in [-0.2, -0.15) is 13.2 Å². The molecule has 0 bridgehead atoms. The van der Waals surface area contributed by atoms with E-state index in [4.69, 9.17) is 17.3 Å². The summed E-state index contributed by atoms with van der Waals surface area (Å²) in [4.78, 5) is -0.920. The summed E-state index contributed by atoms with van der Waals surface area (Å²) in [5.74, 6) is 0. The Morgan fingerprint density at radius 1 is 1.27 bits per heavy atom. The lowest BCUT2D eigenvalue weighted by Gasteiger charge is -2.08. The predicted molar refractivity (Wildman–Crippen MR) is 49.1 cm³/mol. The summed E-state index contributed by atoms with van der Waals surface area (Å²) in [7, 11) is -5.35. The van der Waals surface area contributed by atoms with Gasteiger partial charge in [0.1, 0.15) is 0 Å². The van der Waals surface area contributed by atoms with E-state index in [1.54, 1.807) is 0 Å². The van der Waals surface area contributed by atoms with Crippen molar-refractivity contribution in [1.29, 1.82) is 0 Å². The molecule has 0 saturated heterocycles. The fourth-order valence-electron chi connectivity index (χ4n) is 0.823. The molecule has 0 amide bonds. The van der Waals surface area contributed by atoms with Gasteiger partial charge < -0.3 is 5.73 Å². The fraction of sp³-hybridized carbons (Fsp3) is 0.143. The van der Waals surface area contributed by atoms with Crippen molar-refractivity contribution >= 4 is 27.1 Å². The SMILES string of the molecule is Nc1cc(S(=O)(=O)C(F)(F)F)ccc1Cl. The van der Waals surface area contributed by atoms with Crippen molar-refractivity contribution < 1.29 is 21.6 Å². The maximum Gasteiger partial charge on any atom is 0.501 e. The van der Waals surface area contributed by atoms with Crippen LogP contribution in [0.25, 0.3) is 0 Å². The highest BCUT2D eigenvalue weighted by Gasteiger charge is 2.46. The second-order valence-corrected chi connectivity index (χ2v) is 4.98. The van der Waals surface area contributed by atoms with Gasteiger partial charge in [-0.25, -0.2) is 8.42 Å². The highest BCUT2D eigenvalue weighted by Crippen LogP contribution is 2.32. The van der Waals surface area contributed by atoms with Crippen LogP contribution in [-0.2, 0) is 9.84 Å². The Bertz CT molecular complexity index is 483. The minimum Gasteiger partial charge on any atom is -0.397 e. The first-order valence-electron chi connectivity index (χ1n) is 3.52. The van der Waals surface area contributed by atoms with Crippen molar-refractivity contribution in [3.05, 3.63) is 23.2 Å². The minimum atomic E-state index is -5.35. The lowest BCUT2D eigenvalue weighted by atomic mass is 10.3. The molecule has 0 aliphatic carbocycles. The maximum absolute atomic E-state index is 12.1. The van der Waals surface area contributed by atoms with Crippen LogP contribution in [0, 0.1) is 0 Å². The number of hydrogen-bond acceptors (Lipinski definition) is 3. The summed E-state index contributed by atoms with van der Waals surface area (Å²) in [5, 5.41) is -0.00359. The third-order valence-corrected chi connectivity index (χ3v) is 3.41. The van der Waals surface area contributed by atoms with Crippen LogP contribution in [0.15, 0.2) is 23.1 Å². The smallest absolute Gasteiger partial charge is 0.397 e. The highest BCUT2D eigenvalue weighted by atomic mass is 35.5. The maximum atomic E-state index is 12.1. The van der Waals surface area contributed by atoms with Crippen molar-refractivity contribution in [2.75, 3.05) is 5.73 Å². The van der Waals surface area contributed by atoms with Gasteiger partial charge in [-0.15, -0.1) is 0 Å². The van der Waals surface area contributed by atoms with Gasteiger partial charge in [0.15, 0.2) is 0 Å². The molecule has 8 heteroatoms. The van der Waals surface area contributed by atoms with Crippen LogP contribution in [0.3, 0.4) is 0 Å². The van der Waals surface area contributed by atoms with Gasteiger partial charge in [-0.1, -0.05) is 11.6 Å². The largest absolute Gasteiger partial charge is 0.501 e. The summed E-state index contributed by atoms with van der Waals surface area (Å²) in [6.45, 7) is 0. The molecule has 0 aromatic heterocycles. The Hall–Kier alpha value is -0.950. The van der Waals surface area contributed by atoms with Gasteiger partial charge in [-0.05, 0) is 18.2 Å². The van der Waals surface area contributed by atoms with E-state index >= 15 is 0 Å². The van der Waals surface area contributed by atoms with E-state index in [1.165, 1.54) is 0 Å². The first-order chi connectivity index (χ1) is 6.66. The van der Waals surface area contributed by atoms with Gasteiger partial charge >= 0.3 is 5.51 Å². The van der Waals surface area contributed by atoms with E-state index in [2.05, 4.69) is 0 Å². The van der Waals surface area contributed by atoms with Crippen LogP contribution >= 0.6 is 11.6 Å². The van der Waals surface area contributed by atoms with Gasteiger partial charge in [-0.3, -0.25) is 0 Å². The average Bonchev–Trinajstić information content (AvgIpc) is 2.07. The van der Waals surface area contributed by atoms with E-state index in [-0.39, 0.29) is 10.7 Å². The number of alkyl halides is 3. The molecule has 3 nitrogen and oxygen atoms in total. The monoisotopic (exact) mass is 259 g/mol. The summed E-state index contributed by atoms with van der Waals surface area (Å²) >= 11 is 5.44. The molecule has 0 radical (unpaired) electrons. The molecule has 0 fully saturated rings. The van der Waals surface area contributed by atoms with E-state index in [9.17, 15) is 21.6 Å². The third-order valence-electron chi connectivity index (χ3n) is 1.58. The zero-order valence-corrected chi connectivity index (χ0v) is 8.62. The Balaban J connectivity index is 3.36. The molecule has 0 spiro atoms. The van der Waals surface area contributed by atoms with Gasteiger partial charge in [0.2, 0.25) is 0 Å². The number of hydrogen-bond donors (Lipinski definition) is 1. The highest BCUT2D eigenvalue weighted by molar-refractivity contribution is 7.92. The first kappa shape index (κ1) is 12.1. The molecule has 0 saturated carbocycles. The molecule has 0 atom stereocenters. The molecular weight excluding hydrogens is 255 g/mol. The number of nitrogens with two attached hydrogens (primary N) is 1. The number of nitrogen functional groups attached to an aromatic ring is 1. The quantitative estimate of drug-likeness (QED) is 0.787. The van der Waals surface area contributed by atoms with Crippen molar-refractivity contribution in [3.63, 3.8) is 0 Å². The molecule has 1 aromatic rings. The Morgan fingerprint density at radius 3 is 2.20 bits per heavy atom. The van der Waals surface area contributed by atoms with Gasteiger partial charge in [0.25, 0.3) is 9.84 Å². The molecule has 0 unspecified atom stereocenters. The molecule has 0 aliphatic rings. The summed E-state index contributed by atoms with van der Waals surface area (Å²) in [5.41, 5.74) is -0.364. The molecule has 15 heavy (non-hydrogen) atoms. The Morgan fingerprint density at radius 2 is 1.80 bits per heavy atom. The van der Waals surface area contributed by atoms with Crippen LogP contribution in [0.1, 0.15) is 0 Å². The molecule has 84 valence electrons. The van der Waals surface area contributed by atoms with Crippen LogP contribution in [0.5, 0.6) is 0 Å². The first-order valence-corrected chi connectivity index (χ1v) is 5.39. The van der Waals surface area contributed by atoms with Crippen molar-refractivity contribution in [2.45, 2.75) is 10.4 Å². The Labute approximate surface area is 88.6 Å². The van der Waals surface area contributed by atoms with E-state index in [0.717, 1.165) is 12.1 Å². The normalized spacial score (nSPS) is 12.8. The molecule has 0 aliphatic heterocycles. The van der Waals surface area contributed by atoms with Gasteiger partial charge in [0.05, 0.1) is 15.6 Å². The summed E-state index contributed by atoms with van der Waals surface area (Å²) < 4.78 is 58.1. The second-order valence-electron chi connectivity index (χ2n) is 2.63. The number of anilines is 1. The number of sulfone groups is 1. The molecule has 2 N–H and O–H groups in total. The molecule has 1 aromatic carbocycles. The predicted octanol–water partition coefficient (Wildman–Crippen LogP) is 2.22. The lowest BCUT2D eigenvalue weighted by molar-refractivity contribution is -0.0435. The molecule has 1 rings (SSSR count). The summed E-state index contributed by atoms with van der Waals surface area (Å²) in [6, 6.07) is 2.42. The van der Waals surface area contributed by atoms with E-state index in [0.29, 0.717) is 6.07 Å². The van der Waals surface area contributed by atoms with Crippen LogP contribution in [-0.4, -0.2) is 13.9 Å². The van der Waals surface area contributed by atoms with Crippen molar-refractivity contribution in [3.8, 4) is 0 Å². The van der Waals surface area contributed by atoms with Crippen molar-refractivity contribution in [1.82, 2.24) is 0 Å².